The van der Waals surface area contributed by atoms with Gasteiger partial charge in [-0.1, -0.05) is 32.6 Å². The first-order valence-corrected chi connectivity index (χ1v) is 6.58. The second kappa shape index (κ2) is 4.65. The van der Waals surface area contributed by atoms with Crippen LogP contribution in [0.1, 0.15) is 58.3 Å². The second-order valence-corrected chi connectivity index (χ2v) is 5.33. The summed E-state index contributed by atoms with van der Waals surface area (Å²) in [5.41, 5.74) is 0.715. The molecule has 2 saturated carbocycles. The Hall–Kier alpha value is -0.0400. The Morgan fingerprint density at radius 2 is 1.79 bits per heavy atom. The first-order chi connectivity index (χ1) is 6.87. The van der Waals surface area contributed by atoms with Crippen molar-refractivity contribution in [1.82, 2.24) is 5.32 Å². The topological polar surface area (TPSA) is 12.0 Å². The normalized spacial score (nSPS) is 27.2. The summed E-state index contributed by atoms with van der Waals surface area (Å²) in [6.07, 6.45) is 12.0. The molecule has 0 bridgehead atoms. The van der Waals surface area contributed by atoms with Gasteiger partial charge in [-0.15, -0.1) is 0 Å². The fourth-order valence-corrected chi connectivity index (χ4v) is 3.38. The van der Waals surface area contributed by atoms with E-state index in [1.807, 2.05) is 0 Å². The molecule has 0 aromatic heterocycles. The lowest BCUT2D eigenvalue weighted by atomic mass is 9.59. The molecule has 2 aliphatic rings. The molecule has 14 heavy (non-hydrogen) atoms. The van der Waals surface area contributed by atoms with Crippen LogP contribution in [0.25, 0.3) is 0 Å². The molecule has 0 aromatic carbocycles. The van der Waals surface area contributed by atoms with E-state index in [0.29, 0.717) is 5.41 Å². The highest BCUT2D eigenvalue weighted by Gasteiger charge is 2.41. The zero-order chi connectivity index (χ0) is 9.86. The van der Waals surface area contributed by atoms with Crippen LogP contribution < -0.4 is 5.32 Å². The minimum atomic E-state index is 0.715. The maximum Gasteiger partial charge on any atom is 0.00103 e. The number of nitrogens with one attached hydrogen (secondary N) is 1. The largest absolute Gasteiger partial charge is 0.316 e. The standard InChI is InChI=1S/C13H25N/c1-2-14-11-13(12-7-6-8-12)9-4-3-5-10-13/h12,14H,2-11H2,1H3. The van der Waals surface area contributed by atoms with Crippen LogP contribution in [0, 0.1) is 11.3 Å². The van der Waals surface area contributed by atoms with Gasteiger partial charge in [-0.2, -0.15) is 0 Å². The molecule has 0 amide bonds. The van der Waals surface area contributed by atoms with E-state index in [1.54, 1.807) is 0 Å². The van der Waals surface area contributed by atoms with Gasteiger partial charge >= 0.3 is 0 Å². The fraction of sp³-hybridized carbons (Fsp3) is 1.00. The van der Waals surface area contributed by atoms with Crippen LogP contribution in [-0.2, 0) is 0 Å². The van der Waals surface area contributed by atoms with Gasteiger partial charge in [-0.25, -0.2) is 0 Å². The third-order valence-corrected chi connectivity index (χ3v) is 4.55. The molecule has 0 saturated heterocycles. The van der Waals surface area contributed by atoms with Crippen LogP contribution in [-0.4, -0.2) is 13.1 Å². The first kappa shape index (κ1) is 10.5. The molecule has 82 valence electrons. The van der Waals surface area contributed by atoms with E-state index in [9.17, 15) is 0 Å². The zero-order valence-electron chi connectivity index (χ0n) is 9.65. The average molecular weight is 195 g/mol. The van der Waals surface area contributed by atoms with E-state index < -0.39 is 0 Å². The Kier molecular flexibility index (Phi) is 3.48. The van der Waals surface area contributed by atoms with Gasteiger partial charge in [-0.3, -0.25) is 0 Å². The van der Waals surface area contributed by atoms with E-state index in [0.717, 1.165) is 12.5 Å². The lowest BCUT2D eigenvalue weighted by molar-refractivity contribution is 0.0412. The molecule has 2 fully saturated rings. The molecule has 0 heterocycles. The molecule has 0 radical (unpaired) electrons. The van der Waals surface area contributed by atoms with Gasteiger partial charge in [0.15, 0.2) is 0 Å². The van der Waals surface area contributed by atoms with Gasteiger partial charge in [-0.05, 0) is 43.6 Å². The van der Waals surface area contributed by atoms with Crippen LogP contribution >= 0.6 is 0 Å². The van der Waals surface area contributed by atoms with Crippen LogP contribution in [0.4, 0.5) is 0 Å². The fourth-order valence-electron chi connectivity index (χ4n) is 3.38. The van der Waals surface area contributed by atoms with Crippen molar-refractivity contribution in [3.63, 3.8) is 0 Å². The zero-order valence-corrected chi connectivity index (χ0v) is 9.65. The molecule has 0 aliphatic heterocycles. The minimum absolute atomic E-state index is 0.715. The summed E-state index contributed by atoms with van der Waals surface area (Å²) < 4.78 is 0. The van der Waals surface area contributed by atoms with Crippen LogP contribution in [0.2, 0.25) is 0 Å². The van der Waals surface area contributed by atoms with Gasteiger partial charge in [0.1, 0.15) is 0 Å². The van der Waals surface area contributed by atoms with Crippen LogP contribution in [0.5, 0.6) is 0 Å². The molecule has 0 unspecified atom stereocenters. The molecule has 0 spiro atoms. The number of rotatable bonds is 4. The Morgan fingerprint density at radius 3 is 2.29 bits per heavy atom. The van der Waals surface area contributed by atoms with Gasteiger partial charge in [0.25, 0.3) is 0 Å². The van der Waals surface area contributed by atoms with Crippen molar-refractivity contribution in [3.8, 4) is 0 Å². The van der Waals surface area contributed by atoms with Gasteiger partial charge < -0.3 is 5.32 Å². The molecule has 2 aliphatic carbocycles. The number of hydrogen-bond acceptors (Lipinski definition) is 1. The lowest BCUT2D eigenvalue weighted by Gasteiger charge is -2.48. The second-order valence-electron chi connectivity index (χ2n) is 5.33. The first-order valence-electron chi connectivity index (χ1n) is 6.58. The minimum Gasteiger partial charge on any atom is -0.316 e. The molecule has 2 rings (SSSR count). The maximum absolute atomic E-state index is 3.61. The van der Waals surface area contributed by atoms with E-state index in [4.69, 9.17) is 0 Å². The lowest BCUT2D eigenvalue weighted by Crippen LogP contribution is -2.44. The SMILES string of the molecule is CCNCC1(C2CCC2)CCCCC1. The van der Waals surface area contributed by atoms with Crippen LogP contribution in [0.3, 0.4) is 0 Å². The highest BCUT2D eigenvalue weighted by molar-refractivity contribution is 4.94. The highest BCUT2D eigenvalue weighted by atomic mass is 14.9. The molecule has 1 heteroatoms. The summed E-state index contributed by atoms with van der Waals surface area (Å²) in [4.78, 5) is 0. The predicted molar refractivity (Wildman–Crippen MR) is 61.4 cm³/mol. The van der Waals surface area contributed by atoms with Gasteiger partial charge in [0.2, 0.25) is 0 Å². The highest BCUT2D eigenvalue weighted by Crippen LogP contribution is 2.50. The Balaban J connectivity index is 1.94. The number of hydrogen-bond donors (Lipinski definition) is 1. The third kappa shape index (κ3) is 1.98. The Labute approximate surface area is 88.7 Å². The molecule has 0 aromatic rings. The van der Waals surface area contributed by atoms with E-state index in [2.05, 4.69) is 12.2 Å². The van der Waals surface area contributed by atoms with E-state index in [-0.39, 0.29) is 0 Å². The Morgan fingerprint density at radius 1 is 1.07 bits per heavy atom. The van der Waals surface area contributed by atoms with E-state index in [1.165, 1.54) is 57.9 Å². The summed E-state index contributed by atoms with van der Waals surface area (Å²) in [5, 5.41) is 3.61. The molecular formula is C13H25N. The summed E-state index contributed by atoms with van der Waals surface area (Å²) in [5.74, 6) is 1.07. The van der Waals surface area contributed by atoms with Crippen molar-refractivity contribution in [3.05, 3.63) is 0 Å². The summed E-state index contributed by atoms with van der Waals surface area (Å²) in [6, 6.07) is 0. The maximum atomic E-state index is 3.61. The Bertz CT molecular complexity index is 166. The summed E-state index contributed by atoms with van der Waals surface area (Å²) in [6.45, 7) is 4.68. The van der Waals surface area contributed by atoms with Gasteiger partial charge in [0.05, 0.1) is 0 Å². The smallest absolute Gasteiger partial charge is 0.00103 e. The third-order valence-electron chi connectivity index (χ3n) is 4.55. The average Bonchev–Trinajstić information content (AvgIpc) is 2.14. The van der Waals surface area contributed by atoms with Crippen molar-refractivity contribution in [1.29, 1.82) is 0 Å². The summed E-state index contributed by atoms with van der Waals surface area (Å²) in [7, 11) is 0. The van der Waals surface area contributed by atoms with Crippen molar-refractivity contribution in [2.45, 2.75) is 58.3 Å². The molecule has 1 N–H and O–H groups in total. The van der Waals surface area contributed by atoms with Crippen LogP contribution in [0.15, 0.2) is 0 Å². The monoisotopic (exact) mass is 195 g/mol. The van der Waals surface area contributed by atoms with E-state index >= 15 is 0 Å². The molecule has 1 nitrogen and oxygen atoms in total. The summed E-state index contributed by atoms with van der Waals surface area (Å²) >= 11 is 0. The van der Waals surface area contributed by atoms with Crippen molar-refractivity contribution < 1.29 is 0 Å². The van der Waals surface area contributed by atoms with Crippen molar-refractivity contribution in [2.75, 3.05) is 13.1 Å². The molecule has 0 atom stereocenters. The predicted octanol–water partition coefficient (Wildman–Crippen LogP) is 3.35. The molecular weight excluding hydrogens is 170 g/mol. The quantitative estimate of drug-likeness (QED) is 0.725. The van der Waals surface area contributed by atoms with Crippen molar-refractivity contribution in [2.24, 2.45) is 11.3 Å². The van der Waals surface area contributed by atoms with Gasteiger partial charge in [0, 0.05) is 6.54 Å². The van der Waals surface area contributed by atoms with Crippen molar-refractivity contribution >= 4 is 0 Å².